The molecule has 0 saturated carbocycles. The molecule has 0 atom stereocenters. The van der Waals surface area contributed by atoms with Crippen molar-refractivity contribution in [2.24, 2.45) is 14.1 Å². The number of anilines is 1. The maximum atomic E-state index is 11.2. The highest BCUT2D eigenvalue weighted by atomic mass is 32.2. The van der Waals surface area contributed by atoms with Crippen LogP contribution in [0.4, 0.5) is 5.69 Å². The summed E-state index contributed by atoms with van der Waals surface area (Å²) < 4.78 is 2.97. The number of hydrogen-bond acceptors (Lipinski definition) is 6. The van der Waals surface area contributed by atoms with Crippen LogP contribution in [-0.2, 0) is 14.1 Å². The second-order valence-corrected chi connectivity index (χ2v) is 4.69. The third kappa shape index (κ3) is 2.04. The van der Waals surface area contributed by atoms with Gasteiger partial charge in [0, 0.05) is 14.1 Å². The molecule has 0 aliphatic carbocycles. The van der Waals surface area contributed by atoms with E-state index < -0.39 is 11.1 Å². The summed E-state index contributed by atoms with van der Waals surface area (Å²) in [5.74, 6) is 0. The van der Waals surface area contributed by atoms with Gasteiger partial charge < -0.3 is 5.73 Å². The fourth-order valence-corrected chi connectivity index (χ4v) is 2.33. The largest absolute Gasteiger partial charge is 0.395 e. The highest BCUT2D eigenvalue weighted by Gasteiger charge is 2.14. The number of hydrogen-bond donors (Lipinski definition) is 2. The number of aryl methyl sites for hydroxylation is 3. The SMILES string of the molecule is Cc1nn(C)c(Sc2nc(=O)c(=O)[nH]n2C)c1N. The summed E-state index contributed by atoms with van der Waals surface area (Å²) in [5, 5.41) is 7.54. The summed E-state index contributed by atoms with van der Waals surface area (Å²) in [7, 11) is 3.34. The molecule has 0 bridgehead atoms. The Hall–Kier alpha value is -2.03. The number of nitrogens with two attached hydrogens (primary N) is 1. The molecule has 0 radical (unpaired) electrons. The van der Waals surface area contributed by atoms with Crippen LogP contribution in [0.3, 0.4) is 0 Å². The molecule has 3 N–H and O–H groups in total. The topological polar surface area (TPSA) is 112 Å². The Bertz CT molecular complexity index is 713. The summed E-state index contributed by atoms with van der Waals surface area (Å²) in [6.07, 6.45) is 0. The Balaban J connectivity index is 2.49. The second kappa shape index (κ2) is 4.33. The number of nitrogens with one attached hydrogen (secondary N) is 1. The van der Waals surface area contributed by atoms with Crippen LogP contribution in [0.25, 0.3) is 0 Å². The first-order valence-electron chi connectivity index (χ1n) is 5.04. The van der Waals surface area contributed by atoms with E-state index in [9.17, 15) is 9.59 Å². The molecule has 8 nitrogen and oxygen atoms in total. The van der Waals surface area contributed by atoms with Crippen molar-refractivity contribution in [3.63, 3.8) is 0 Å². The summed E-state index contributed by atoms with van der Waals surface area (Å²) in [4.78, 5) is 26.0. The monoisotopic (exact) mass is 268 g/mol. The molecule has 0 unspecified atom stereocenters. The Morgan fingerprint density at radius 3 is 2.56 bits per heavy atom. The van der Waals surface area contributed by atoms with E-state index in [1.807, 2.05) is 0 Å². The molecular weight excluding hydrogens is 256 g/mol. The molecule has 0 amide bonds. The molecule has 0 fully saturated rings. The smallest absolute Gasteiger partial charge is 0.339 e. The molecule has 18 heavy (non-hydrogen) atoms. The second-order valence-electron chi connectivity index (χ2n) is 3.73. The highest BCUT2D eigenvalue weighted by molar-refractivity contribution is 7.99. The van der Waals surface area contributed by atoms with E-state index in [1.54, 1.807) is 25.7 Å². The number of nitrogens with zero attached hydrogens (tertiary/aromatic N) is 4. The standard InChI is InChI=1S/C9H12N6O2S/c1-4-5(10)8(14(2)12-4)18-9-11-6(16)7(17)13-15(9)3/h10H2,1-3H3,(H,13,17). The van der Waals surface area contributed by atoms with Gasteiger partial charge in [0.05, 0.1) is 11.4 Å². The van der Waals surface area contributed by atoms with Gasteiger partial charge in [0.2, 0.25) is 0 Å². The minimum atomic E-state index is -0.826. The lowest BCUT2D eigenvalue weighted by molar-refractivity contribution is 0.594. The summed E-state index contributed by atoms with van der Waals surface area (Å²) >= 11 is 1.17. The van der Waals surface area contributed by atoms with Gasteiger partial charge in [-0.3, -0.25) is 24.1 Å². The maximum Gasteiger partial charge on any atom is 0.339 e. The first-order chi connectivity index (χ1) is 8.40. The third-order valence-electron chi connectivity index (χ3n) is 2.35. The van der Waals surface area contributed by atoms with Gasteiger partial charge in [0.25, 0.3) is 0 Å². The molecule has 0 aliphatic heterocycles. The molecule has 96 valence electrons. The van der Waals surface area contributed by atoms with Crippen LogP contribution in [0.2, 0.25) is 0 Å². The van der Waals surface area contributed by atoms with Crippen LogP contribution in [0.5, 0.6) is 0 Å². The number of rotatable bonds is 2. The van der Waals surface area contributed by atoms with E-state index in [0.717, 1.165) is 0 Å². The van der Waals surface area contributed by atoms with Crippen molar-refractivity contribution in [1.82, 2.24) is 24.5 Å². The van der Waals surface area contributed by atoms with Gasteiger partial charge in [0.1, 0.15) is 5.03 Å². The minimum absolute atomic E-state index is 0.342. The Morgan fingerprint density at radius 2 is 2.00 bits per heavy atom. The minimum Gasteiger partial charge on any atom is -0.395 e. The van der Waals surface area contributed by atoms with Crippen molar-refractivity contribution < 1.29 is 0 Å². The number of nitrogen functional groups attached to an aromatic ring is 1. The summed E-state index contributed by atoms with van der Waals surface area (Å²) in [6, 6.07) is 0. The third-order valence-corrected chi connectivity index (χ3v) is 3.57. The van der Waals surface area contributed by atoms with Crippen LogP contribution in [0.15, 0.2) is 19.8 Å². The number of aromatic amines is 1. The molecule has 9 heteroatoms. The Labute approximate surface area is 106 Å². The van der Waals surface area contributed by atoms with E-state index >= 15 is 0 Å². The molecule has 2 heterocycles. The van der Waals surface area contributed by atoms with Crippen LogP contribution >= 0.6 is 11.8 Å². The zero-order valence-electron chi connectivity index (χ0n) is 10.1. The van der Waals surface area contributed by atoms with Crippen LogP contribution in [0.1, 0.15) is 5.69 Å². The van der Waals surface area contributed by atoms with Gasteiger partial charge in [-0.05, 0) is 18.7 Å². The number of H-pyrrole nitrogens is 1. The molecule has 2 aromatic rings. The lowest BCUT2D eigenvalue weighted by atomic mass is 10.4. The Morgan fingerprint density at radius 1 is 1.33 bits per heavy atom. The van der Waals surface area contributed by atoms with Crippen molar-refractivity contribution in [3.05, 3.63) is 26.4 Å². The first-order valence-corrected chi connectivity index (χ1v) is 5.86. The fourth-order valence-electron chi connectivity index (χ4n) is 1.41. The van der Waals surface area contributed by atoms with Gasteiger partial charge in [-0.1, -0.05) is 0 Å². The van der Waals surface area contributed by atoms with E-state index in [4.69, 9.17) is 5.73 Å². The lowest BCUT2D eigenvalue weighted by Crippen LogP contribution is -2.33. The van der Waals surface area contributed by atoms with Crippen LogP contribution < -0.4 is 16.9 Å². The molecule has 2 rings (SSSR count). The quantitative estimate of drug-likeness (QED) is 0.693. The lowest BCUT2D eigenvalue weighted by Gasteiger charge is -2.06. The molecule has 0 aromatic carbocycles. The molecular formula is C9H12N6O2S. The normalized spacial score (nSPS) is 10.8. The van der Waals surface area contributed by atoms with E-state index in [-0.39, 0.29) is 0 Å². The van der Waals surface area contributed by atoms with Crippen molar-refractivity contribution in [1.29, 1.82) is 0 Å². The predicted octanol–water partition coefficient (Wildman–Crippen LogP) is -0.756. The van der Waals surface area contributed by atoms with Crippen LogP contribution in [0, 0.1) is 6.92 Å². The summed E-state index contributed by atoms with van der Waals surface area (Å²) in [6.45, 7) is 1.79. The van der Waals surface area contributed by atoms with Crippen molar-refractivity contribution >= 4 is 17.4 Å². The summed E-state index contributed by atoms with van der Waals surface area (Å²) in [5.41, 5.74) is 5.53. The average Bonchev–Trinajstić information content (AvgIpc) is 2.52. The molecule has 0 aliphatic rings. The zero-order chi connectivity index (χ0) is 13.4. The highest BCUT2D eigenvalue weighted by Crippen LogP contribution is 2.30. The Kier molecular flexibility index (Phi) is 2.99. The molecule has 0 saturated heterocycles. The van der Waals surface area contributed by atoms with Gasteiger partial charge >= 0.3 is 11.1 Å². The van der Waals surface area contributed by atoms with Crippen LogP contribution in [-0.4, -0.2) is 24.5 Å². The zero-order valence-corrected chi connectivity index (χ0v) is 10.9. The van der Waals surface area contributed by atoms with Gasteiger partial charge in [-0.25, -0.2) is 0 Å². The molecule has 2 aromatic heterocycles. The van der Waals surface area contributed by atoms with Gasteiger partial charge in [-0.15, -0.1) is 0 Å². The van der Waals surface area contributed by atoms with Gasteiger partial charge in [-0.2, -0.15) is 10.1 Å². The molecule has 0 spiro atoms. The van der Waals surface area contributed by atoms with E-state index in [2.05, 4.69) is 15.2 Å². The predicted molar refractivity (Wildman–Crippen MR) is 66.6 cm³/mol. The first kappa shape index (κ1) is 12.4. The van der Waals surface area contributed by atoms with Crippen molar-refractivity contribution in [3.8, 4) is 0 Å². The van der Waals surface area contributed by atoms with E-state index in [1.165, 1.54) is 16.4 Å². The maximum absolute atomic E-state index is 11.2. The number of aromatic nitrogens is 5. The van der Waals surface area contributed by atoms with E-state index in [0.29, 0.717) is 21.6 Å². The van der Waals surface area contributed by atoms with Crippen molar-refractivity contribution in [2.45, 2.75) is 17.1 Å². The average molecular weight is 268 g/mol. The van der Waals surface area contributed by atoms with Gasteiger partial charge in [0.15, 0.2) is 5.16 Å². The fraction of sp³-hybridized carbons (Fsp3) is 0.333. The van der Waals surface area contributed by atoms with Crippen molar-refractivity contribution in [2.75, 3.05) is 5.73 Å².